The maximum atomic E-state index is 5.72. The number of nitrogens with two attached hydrogens (primary N) is 1. The lowest BCUT2D eigenvalue weighted by atomic mass is 9.70. The highest BCUT2D eigenvalue weighted by atomic mass is 32.2. The number of anilines is 2. The fourth-order valence-electron chi connectivity index (χ4n) is 1.89. The van der Waals surface area contributed by atoms with Crippen LogP contribution in [-0.2, 0) is 0 Å². The standard InChI is InChI=1S/C11H18N4S/c1-11(4-3-5-11)7-13-9-6-8(12)14-10(15-9)16-2/h6H,3-5,7H2,1-2H3,(H3,12,13,14,15). The molecule has 1 saturated carbocycles. The monoisotopic (exact) mass is 238 g/mol. The van der Waals surface area contributed by atoms with Crippen LogP contribution in [0.25, 0.3) is 0 Å². The van der Waals surface area contributed by atoms with Crippen molar-refractivity contribution in [2.45, 2.75) is 31.3 Å². The molecule has 2 rings (SSSR count). The molecule has 3 N–H and O–H groups in total. The lowest BCUT2D eigenvalue weighted by Crippen LogP contribution is -2.33. The fourth-order valence-corrected chi connectivity index (χ4v) is 2.27. The van der Waals surface area contributed by atoms with Crippen molar-refractivity contribution in [3.8, 4) is 0 Å². The number of hydrogen-bond acceptors (Lipinski definition) is 5. The molecule has 1 aromatic rings. The summed E-state index contributed by atoms with van der Waals surface area (Å²) >= 11 is 1.51. The van der Waals surface area contributed by atoms with Crippen molar-refractivity contribution < 1.29 is 0 Å². The summed E-state index contributed by atoms with van der Waals surface area (Å²) in [5.41, 5.74) is 6.16. The van der Waals surface area contributed by atoms with Crippen molar-refractivity contribution in [2.75, 3.05) is 23.9 Å². The number of rotatable bonds is 4. The number of nitrogens with one attached hydrogen (secondary N) is 1. The number of aromatic nitrogens is 2. The molecule has 1 fully saturated rings. The molecule has 1 heterocycles. The first kappa shape index (κ1) is 11.5. The van der Waals surface area contributed by atoms with Crippen molar-refractivity contribution in [3.63, 3.8) is 0 Å². The van der Waals surface area contributed by atoms with Crippen LogP contribution in [0.4, 0.5) is 11.6 Å². The van der Waals surface area contributed by atoms with Gasteiger partial charge in [0.15, 0.2) is 5.16 Å². The first-order chi connectivity index (χ1) is 7.61. The fraction of sp³-hybridized carbons (Fsp3) is 0.636. The smallest absolute Gasteiger partial charge is 0.191 e. The number of nitrogens with zero attached hydrogens (tertiary/aromatic N) is 2. The lowest BCUT2D eigenvalue weighted by Gasteiger charge is -2.38. The number of nitrogen functional groups attached to an aromatic ring is 1. The van der Waals surface area contributed by atoms with Gasteiger partial charge >= 0.3 is 0 Å². The molecular formula is C11H18N4S. The Balaban J connectivity index is 2.00. The van der Waals surface area contributed by atoms with Gasteiger partial charge in [0.25, 0.3) is 0 Å². The molecule has 1 aliphatic rings. The summed E-state index contributed by atoms with van der Waals surface area (Å²) in [6, 6.07) is 1.79. The van der Waals surface area contributed by atoms with Crippen molar-refractivity contribution in [2.24, 2.45) is 5.41 Å². The van der Waals surface area contributed by atoms with E-state index in [1.807, 2.05) is 6.26 Å². The summed E-state index contributed by atoms with van der Waals surface area (Å²) in [5, 5.41) is 4.08. The van der Waals surface area contributed by atoms with Gasteiger partial charge in [0.2, 0.25) is 0 Å². The van der Waals surface area contributed by atoms with Crippen LogP contribution in [0.2, 0.25) is 0 Å². The first-order valence-electron chi connectivity index (χ1n) is 5.54. The highest BCUT2D eigenvalue weighted by Gasteiger charge is 2.31. The number of hydrogen-bond donors (Lipinski definition) is 2. The predicted molar refractivity (Wildman–Crippen MR) is 68.7 cm³/mol. The van der Waals surface area contributed by atoms with Crippen molar-refractivity contribution in [1.29, 1.82) is 0 Å². The molecule has 0 aliphatic heterocycles. The van der Waals surface area contributed by atoms with E-state index in [4.69, 9.17) is 5.73 Å². The Morgan fingerprint density at radius 1 is 1.50 bits per heavy atom. The maximum absolute atomic E-state index is 5.72. The normalized spacial score (nSPS) is 17.9. The molecule has 0 aromatic carbocycles. The van der Waals surface area contributed by atoms with Crippen LogP contribution in [-0.4, -0.2) is 22.8 Å². The minimum absolute atomic E-state index is 0.444. The van der Waals surface area contributed by atoms with E-state index in [1.54, 1.807) is 6.07 Å². The van der Waals surface area contributed by atoms with E-state index in [1.165, 1.54) is 31.0 Å². The second-order valence-corrected chi connectivity index (χ2v) is 5.46. The second kappa shape index (κ2) is 4.49. The Kier molecular flexibility index (Phi) is 3.23. The van der Waals surface area contributed by atoms with E-state index < -0.39 is 0 Å². The molecule has 16 heavy (non-hydrogen) atoms. The Morgan fingerprint density at radius 2 is 2.25 bits per heavy atom. The van der Waals surface area contributed by atoms with Crippen LogP contribution < -0.4 is 11.1 Å². The topological polar surface area (TPSA) is 63.8 Å². The van der Waals surface area contributed by atoms with Crippen molar-refractivity contribution in [1.82, 2.24) is 9.97 Å². The molecule has 1 aromatic heterocycles. The maximum Gasteiger partial charge on any atom is 0.191 e. The molecule has 4 nitrogen and oxygen atoms in total. The Bertz CT molecular complexity index is 376. The average molecular weight is 238 g/mol. The molecule has 0 radical (unpaired) electrons. The van der Waals surface area contributed by atoms with Gasteiger partial charge in [-0.05, 0) is 24.5 Å². The Hall–Kier alpha value is -0.970. The quantitative estimate of drug-likeness (QED) is 0.623. The zero-order valence-corrected chi connectivity index (χ0v) is 10.6. The Morgan fingerprint density at radius 3 is 2.81 bits per heavy atom. The molecular weight excluding hydrogens is 220 g/mol. The van der Waals surface area contributed by atoms with E-state index in [2.05, 4.69) is 22.2 Å². The van der Waals surface area contributed by atoms with E-state index in [-0.39, 0.29) is 0 Å². The second-order valence-electron chi connectivity index (χ2n) is 4.68. The molecule has 0 atom stereocenters. The van der Waals surface area contributed by atoms with Gasteiger partial charge in [0.1, 0.15) is 11.6 Å². The van der Waals surface area contributed by atoms with Crippen LogP contribution >= 0.6 is 11.8 Å². The van der Waals surface area contributed by atoms with Gasteiger partial charge in [-0.15, -0.1) is 0 Å². The third-order valence-electron chi connectivity index (χ3n) is 3.16. The molecule has 0 bridgehead atoms. The first-order valence-corrected chi connectivity index (χ1v) is 6.76. The third-order valence-corrected chi connectivity index (χ3v) is 3.71. The minimum atomic E-state index is 0.444. The molecule has 88 valence electrons. The van der Waals surface area contributed by atoms with Crippen LogP contribution in [0.3, 0.4) is 0 Å². The highest BCUT2D eigenvalue weighted by Crippen LogP contribution is 2.40. The predicted octanol–water partition coefficient (Wildman–Crippen LogP) is 2.38. The van der Waals surface area contributed by atoms with Gasteiger partial charge in [-0.1, -0.05) is 25.1 Å². The van der Waals surface area contributed by atoms with Gasteiger partial charge in [0.05, 0.1) is 0 Å². The summed E-state index contributed by atoms with van der Waals surface area (Å²) < 4.78 is 0. The van der Waals surface area contributed by atoms with Gasteiger partial charge < -0.3 is 11.1 Å². The summed E-state index contributed by atoms with van der Waals surface area (Å²) in [4.78, 5) is 8.49. The summed E-state index contributed by atoms with van der Waals surface area (Å²) in [5.74, 6) is 1.37. The van der Waals surface area contributed by atoms with Crippen molar-refractivity contribution >= 4 is 23.4 Å². The van der Waals surface area contributed by atoms with Crippen LogP contribution in [0.5, 0.6) is 0 Å². The van der Waals surface area contributed by atoms with Crippen molar-refractivity contribution in [3.05, 3.63) is 6.07 Å². The lowest BCUT2D eigenvalue weighted by molar-refractivity contribution is 0.180. The molecule has 0 amide bonds. The van der Waals surface area contributed by atoms with Gasteiger partial charge in [-0.25, -0.2) is 9.97 Å². The van der Waals surface area contributed by atoms with E-state index in [9.17, 15) is 0 Å². The van der Waals surface area contributed by atoms with Crippen LogP contribution in [0, 0.1) is 5.41 Å². The SMILES string of the molecule is CSc1nc(N)cc(NCC2(C)CCC2)n1. The zero-order valence-electron chi connectivity index (χ0n) is 9.79. The van der Waals surface area contributed by atoms with Crippen LogP contribution in [0.1, 0.15) is 26.2 Å². The summed E-state index contributed by atoms with van der Waals surface area (Å²) in [6.45, 7) is 3.28. The summed E-state index contributed by atoms with van der Waals surface area (Å²) in [7, 11) is 0. The summed E-state index contributed by atoms with van der Waals surface area (Å²) in [6.07, 6.45) is 5.90. The average Bonchev–Trinajstić information content (AvgIpc) is 2.23. The minimum Gasteiger partial charge on any atom is -0.383 e. The third kappa shape index (κ3) is 2.58. The molecule has 5 heteroatoms. The number of thioether (sulfide) groups is 1. The molecule has 1 aliphatic carbocycles. The van der Waals surface area contributed by atoms with Crippen LogP contribution in [0.15, 0.2) is 11.2 Å². The Labute approximate surface area is 100 Å². The molecule has 0 spiro atoms. The van der Waals surface area contributed by atoms with Gasteiger partial charge in [-0.3, -0.25) is 0 Å². The van der Waals surface area contributed by atoms with E-state index in [0.717, 1.165) is 17.5 Å². The van der Waals surface area contributed by atoms with E-state index >= 15 is 0 Å². The largest absolute Gasteiger partial charge is 0.383 e. The zero-order chi connectivity index (χ0) is 11.6. The van der Waals surface area contributed by atoms with Gasteiger partial charge in [0, 0.05) is 12.6 Å². The molecule has 0 saturated heterocycles. The van der Waals surface area contributed by atoms with Gasteiger partial charge in [-0.2, -0.15) is 0 Å². The molecule has 0 unspecified atom stereocenters. The highest BCUT2D eigenvalue weighted by molar-refractivity contribution is 7.98. The van der Waals surface area contributed by atoms with E-state index in [0.29, 0.717) is 11.2 Å².